The average Bonchev–Trinajstić information content (AvgIpc) is 2.62. The van der Waals surface area contributed by atoms with Crippen molar-refractivity contribution >= 4 is 27.9 Å². The molecule has 160 valence electrons. The molecule has 0 saturated heterocycles. The molecule has 3 amide bonds. The van der Waals surface area contributed by atoms with E-state index in [1.807, 2.05) is 25.2 Å². The van der Waals surface area contributed by atoms with Gasteiger partial charge < -0.3 is 10.1 Å². The molecular formula is C19H27N3O6S. The van der Waals surface area contributed by atoms with Crippen LogP contribution in [-0.2, 0) is 24.3 Å². The lowest BCUT2D eigenvalue weighted by molar-refractivity contribution is -0.149. The predicted molar refractivity (Wildman–Crippen MR) is 108 cm³/mol. The topological polar surface area (TPSA) is 131 Å². The Hall–Kier alpha value is -2.72. The Bertz CT molecular complexity index is 898. The Kier molecular flexibility index (Phi) is 8.53. The van der Waals surface area contributed by atoms with Gasteiger partial charge in [-0.25, -0.2) is 13.2 Å². The van der Waals surface area contributed by atoms with Crippen LogP contribution in [0.5, 0.6) is 0 Å². The minimum atomic E-state index is -4.00. The van der Waals surface area contributed by atoms with Crippen molar-refractivity contribution in [1.82, 2.24) is 15.4 Å². The van der Waals surface area contributed by atoms with Crippen LogP contribution in [0.2, 0.25) is 0 Å². The van der Waals surface area contributed by atoms with Gasteiger partial charge in [0.2, 0.25) is 10.0 Å². The second-order valence-corrected chi connectivity index (χ2v) is 8.24. The number of hydrogen-bond acceptors (Lipinski definition) is 6. The molecule has 0 aromatic heterocycles. The van der Waals surface area contributed by atoms with E-state index in [1.165, 1.54) is 13.0 Å². The minimum absolute atomic E-state index is 0.117. The molecule has 0 fully saturated rings. The van der Waals surface area contributed by atoms with Crippen LogP contribution in [0.4, 0.5) is 4.79 Å². The summed E-state index contributed by atoms with van der Waals surface area (Å²) in [6.07, 6.45) is 1.43. The van der Waals surface area contributed by atoms with E-state index in [1.54, 1.807) is 13.8 Å². The molecule has 1 aromatic carbocycles. The SMILES string of the molecule is C=CCNC(=O)NC(=O)COC(=O)[C@@H](C)NS(=O)(=O)c1c(C)c(C)cc(C)c1C. The number of esters is 1. The molecule has 3 N–H and O–H groups in total. The first-order valence-electron chi connectivity index (χ1n) is 8.85. The Morgan fingerprint density at radius 3 is 2.21 bits per heavy atom. The first-order chi connectivity index (χ1) is 13.4. The maximum Gasteiger partial charge on any atom is 0.324 e. The number of carbonyl (C=O) groups excluding carboxylic acids is 3. The number of benzene rings is 1. The van der Waals surface area contributed by atoms with E-state index in [9.17, 15) is 22.8 Å². The van der Waals surface area contributed by atoms with Gasteiger partial charge >= 0.3 is 12.0 Å². The molecule has 1 aromatic rings. The Labute approximate surface area is 170 Å². The number of nitrogens with one attached hydrogen (secondary N) is 3. The third kappa shape index (κ3) is 6.68. The lowest BCUT2D eigenvalue weighted by Crippen LogP contribution is -2.43. The van der Waals surface area contributed by atoms with Crippen LogP contribution < -0.4 is 15.4 Å². The highest BCUT2D eigenvalue weighted by atomic mass is 32.2. The van der Waals surface area contributed by atoms with Gasteiger partial charge in [0.1, 0.15) is 6.04 Å². The summed E-state index contributed by atoms with van der Waals surface area (Å²) in [5, 5.41) is 4.28. The van der Waals surface area contributed by atoms with Crippen LogP contribution in [-0.4, -0.2) is 45.5 Å². The third-order valence-corrected chi connectivity index (χ3v) is 6.07. The first-order valence-corrected chi connectivity index (χ1v) is 10.3. The smallest absolute Gasteiger partial charge is 0.324 e. The summed E-state index contributed by atoms with van der Waals surface area (Å²) in [6.45, 7) is 11.2. The summed E-state index contributed by atoms with van der Waals surface area (Å²) in [4.78, 5) is 35.1. The summed E-state index contributed by atoms with van der Waals surface area (Å²) in [7, 11) is -4.00. The number of sulfonamides is 1. The van der Waals surface area contributed by atoms with Crippen LogP contribution in [0, 0.1) is 27.7 Å². The maximum absolute atomic E-state index is 12.8. The fourth-order valence-electron chi connectivity index (χ4n) is 2.56. The molecule has 1 rings (SSSR count). The molecule has 0 aliphatic carbocycles. The molecular weight excluding hydrogens is 398 g/mol. The molecule has 0 aliphatic rings. The zero-order chi connectivity index (χ0) is 22.4. The minimum Gasteiger partial charge on any atom is -0.454 e. The van der Waals surface area contributed by atoms with Gasteiger partial charge in [-0.1, -0.05) is 12.1 Å². The van der Waals surface area contributed by atoms with Crippen LogP contribution in [0.1, 0.15) is 29.2 Å². The fourth-order valence-corrected chi connectivity index (χ4v) is 4.36. The van der Waals surface area contributed by atoms with Crippen molar-refractivity contribution in [3.05, 3.63) is 41.0 Å². The van der Waals surface area contributed by atoms with Crippen LogP contribution in [0.15, 0.2) is 23.6 Å². The second-order valence-electron chi connectivity index (χ2n) is 6.59. The molecule has 10 heteroatoms. The van der Waals surface area contributed by atoms with Gasteiger partial charge in [-0.05, 0) is 56.9 Å². The fraction of sp³-hybridized carbons (Fsp3) is 0.421. The van der Waals surface area contributed by atoms with E-state index >= 15 is 0 Å². The van der Waals surface area contributed by atoms with Gasteiger partial charge in [-0.2, -0.15) is 4.72 Å². The summed E-state index contributed by atoms with van der Waals surface area (Å²) in [5.74, 6) is -1.80. The van der Waals surface area contributed by atoms with Gasteiger partial charge in [0, 0.05) is 6.54 Å². The molecule has 9 nitrogen and oxygen atoms in total. The average molecular weight is 426 g/mol. The summed E-state index contributed by atoms with van der Waals surface area (Å²) in [6, 6.07) is -0.104. The normalized spacial score (nSPS) is 12.0. The quantitative estimate of drug-likeness (QED) is 0.423. The molecule has 0 radical (unpaired) electrons. The first kappa shape index (κ1) is 24.3. The molecule has 0 spiro atoms. The van der Waals surface area contributed by atoms with Gasteiger partial charge in [-0.3, -0.25) is 14.9 Å². The van der Waals surface area contributed by atoms with E-state index in [0.717, 1.165) is 11.1 Å². The van der Waals surface area contributed by atoms with E-state index in [4.69, 9.17) is 4.74 Å². The van der Waals surface area contributed by atoms with Gasteiger partial charge in [-0.15, -0.1) is 6.58 Å². The monoisotopic (exact) mass is 425 g/mol. The van der Waals surface area contributed by atoms with E-state index < -0.39 is 40.6 Å². The predicted octanol–water partition coefficient (Wildman–Crippen LogP) is 1.14. The highest BCUT2D eigenvalue weighted by Crippen LogP contribution is 2.26. The summed E-state index contributed by atoms with van der Waals surface area (Å²) < 4.78 is 32.7. The second kappa shape index (κ2) is 10.2. The number of rotatable bonds is 8. The van der Waals surface area contributed by atoms with E-state index in [2.05, 4.69) is 16.6 Å². The maximum atomic E-state index is 12.8. The van der Waals surface area contributed by atoms with Crippen molar-refractivity contribution in [3.8, 4) is 0 Å². The molecule has 0 unspecified atom stereocenters. The molecule has 0 saturated carbocycles. The van der Waals surface area contributed by atoms with Gasteiger partial charge in [0.25, 0.3) is 5.91 Å². The van der Waals surface area contributed by atoms with Crippen LogP contribution in [0.25, 0.3) is 0 Å². The molecule has 1 atom stereocenters. The molecule has 0 bridgehead atoms. The van der Waals surface area contributed by atoms with E-state index in [0.29, 0.717) is 11.1 Å². The standard InChI is InChI=1S/C19H27N3O6S/c1-7-8-20-19(25)21-16(23)10-28-18(24)15(6)22-29(26,27)17-13(4)11(2)9-12(3)14(17)5/h7,9,15,22H,1,8,10H2,2-6H3,(H2,20,21,23,25)/t15-/m1/s1. The largest absolute Gasteiger partial charge is 0.454 e. The highest BCUT2D eigenvalue weighted by Gasteiger charge is 2.27. The Morgan fingerprint density at radius 1 is 1.14 bits per heavy atom. The van der Waals surface area contributed by atoms with Crippen molar-refractivity contribution in [2.45, 2.75) is 45.6 Å². The lowest BCUT2D eigenvalue weighted by Gasteiger charge is -2.18. The number of hydrogen-bond donors (Lipinski definition) is 3. The summed E-state index contributed by atoms with van der Waals surface area (Å²) in [5.41, 5.74) is 2.81. The van der Waals surface area contributed by atoms with E-state index in [-0.39, 0.29) is 11.4 Å². The number of ether oxygens (including phenoxy) is 1. The third-order valence-electron chi connectivity index (χ3n) is 4.26. The van der Waals surface area contributed by atoms with Gasteiger partial charge in [0.05, 0.1) is 4.90 Å². The summed E-state index contributed by atoms with van der Waals surface area (Å²) >= 11 is 0. The lowest BCUT2D eigenvalue weighted by atomic mass is 10.0. The van der Waals surface area contributed by atoms with Crippen molar-refractivity contribution in [3.63, 3.8) is 0 Å². The zero-order valence-electron chi connectivity index (χ0n) is 17.2. The zero-order valence-corrected chi connectivity index (χ0v) is 18.0. The Balaban J connectivity index is 2.77. The number of urea groups is 1. The molecule has 0 aliphatic heterocycles. The number of amides is 3. The van der Waals surface area contributed by atoms with Crippen molar-refractivity contribution in [1.29, 1.82) is 0 Å². The Morgan fingerprint density at radius 2 is 1.69 bits per heavy atom. The van der Waals surface area contributed by atoms with Crippen LogP contribution >= 0.6 is 0 Å². The number of imide groups is 1. The van der Waals surface area contributed by atoms with Crippen molar-refractivity contribution in [2.24, 2.45) is 0 Å². The van der Waals surface area contributed by atoms with Gasteiger partial charge in [0.15, 0.2) is 6.61 Å². The number of carbonyl (C=O) groups is 3. The number of aryl methyl sites for hydroxylation is 2. The molecule has 29 heavy (non-hydrogen) atoms. The van der Waals surface area contributed by atoms with Crippen molar-refractivity contribution < 1.29 is 27.5 Å². The van der Waals surface area contributed by atoms with Crippen molar-refractivity contribution in [2.75, 3.05) is 13.2 Å². The van der Waals surface area contributed by atoms with Crippen LogP contribution in [0.3, 0.4) is 0 Å². The molecule has 0 heterocycles. The highest BCUT2D eigenvalue weighted by molar-refractivity contribution is 7.89.